The summed E-state index contributed by atoms with van der Waals surface area (Å²) < 4.78 is 9.38. The average Bonchev–Trinajstić information content (AvgIpc) is 3.37. The van der Waals surface area contributed by atoms with E-state index in [1.807, 2.05) is 26.1 Å². The second-order valence-electron chi connectivity index (χ2n) is 6.73. The Morgan fingerprint density at radius 1 is 1.32 bits per heavy atom. The lowest BCUT2D eigenvalue weighted by molar-refractivity contribution is 0.420. The molecule has 0 aliphatic rings. The molecule has 1 aromatic carbocycles. The fourth-order valence-electron chi connectivity index (χ4n) is 3.37. The first-order valence-corrected chi connectivity index (χ1v) is 9.43. The quantitative estimate of drug-likeness (QED) is 0.504. The first-order chi connectivity index (χ1) is 13.5. The van der Waals surface area contributed by atoms with Gasteiger partial charge in [-0.3, -0.25) is 4.68 Å². The summed E-state index contributed by atoms with van der Waals surface area (Å²) in [7, 11) is 1.87. The molecule has 0 unspecified atom stereocenters. The second kappa shape index (κ2) is 7.13. The number of aromatic nitrogens is 5. The van der Waals surface area contributed by atoms with Crippen molar-refractivity contribution in [2.75, 3.05) is 0 Å². The van der Waals surface area contributed by atoms with Crippen molar-refractivity contribution < 1.29 is 4.52 Å². The van der Waals surface area contributed by atoms with Crippen LogP contribution < -0.4 is 0 Å². The highest BCUT2D eigenvalue weighted by Gasteiger charge is 2.18. The van der Waals surface area contributed by atoms with E-state index >= 15 is 0 Å². The Balaban J connectivity index is 1.75. The predicted octanol–water partition coefficient (Wildman–Crippen LogP) is 4.26. The van der Waals surface area contributed by atoms with Crippen molar-refractivity contribution >= 4 is 22.5 Å². The molecule has 142 valence electrons. The van der Waals surface area contributed by atoms with Crippen LogP contribution >= 0.6 is 11.6 Å². The highest BCUT2D eigenvalue weighted by molar-refractivity contribution is 6.36. The molecule has 8 heteroatoms. The van der Waals surface area contributed by atoms with Gasteiger partial charge in [0.1, 0.15) is 6.07 Å². The van der Waals surface area contributed by atoms with Gasteiger partial charge in [-0.2, -0.15) is 15.3 Å². The zero-order valence-electron chi connectivity index (χ0n) is 15.9. The lowest BCUT2D eigenvalue weighted by Crippen LogP contribution is -2.05. The molecule has 4 rings (SSSR count). The maximum Gasteiger partial charge on any atom is 0.261 e. The summed E-state index contributed by atoms with van der Waals surface area (Å²) in [5.41, 5.74) is 4.34. The molecule has 28 heavy (non-hydrogen) atoms. The highest BCUT2D eigenvalue weighted by Crippen LogP contribution is 2.31. The monoisotopic (exact) mass is 394 g/mol. The van der Waals surface area contributed by atoms with Crippen LogP contribution in [0.5, 0.6) is 0 Å². The van der Waals surface area contributed by atoms with Crippen LogP contribution in [-0.2, 0) is 20.0 Å². The second-order valence-corrected chi connectivity index (χ2v) is 7.10. The maximum atomic E-state index is 9.25. The lowest BCUT2D eigenvalue weighted by atomic mass is 10.1. The lowest BCUT2D eigenvalue weighted by Gasteiger charge is -2.08. The molecule has 0 fully saturated rings. The van der Waals surface area contributed by atoms with Crippen molar-refractivity contribution in [3.8, 4) is 17.5 Å². The number of nitriles is 1. The molecule has 3 heterocycles. The Morgan fingerprint density at radius 2 is 2.14 bits per heavy atom. The van der Waals surface area contributed by atoms with Gasteiger partial charge in [-0.1, -0.05) is 30.1 Å². The summed E-state index contributed by atoms with van der Waals surface area (Å²) in [5, 5.41) is 19.0. The fraction of sp³-hybridized carbons (Fsp3) is 0.300. The minimum absolute atomic E-state index is 0.457. The number of fused-ring (bicyclic) bond motifs is 1. The van der Waals surface area contributed by atoms with Crippen molar-refractivity contribution in [2.24, 2.45) is 7.05 Å². The highest BCUT2D eigenvalue weighted by atomic mass is 35.5. The van der Waals surface area contributed by atoms with Gasteiger partial charge in [0.2, 0.25) is 0 Å². The standard InChI is InChI=1S/C20H19ClN6O/c1-4-5-14-8-15-17(7-6-13(9-22)19(15)21)27(14)11-18-24-20(28-25-18)16-10-23-26(3)12(16)2/h6-8,10H,4-5,11H2,1-3H3. The van der Waals surface area contributed by atoms with Gasteiger partial charge in [-0.25, -0.2) is 0 Å². The average molecular weight is 395 g/mol. The van der Waals surface area contributed by atoms with Crippen LogP contribution in [0, 0.1) is 18.3 Å². The zero-order chi connectivity index (χ0) is 19.8. The molecule has 4 aromatic rings. The number of halogens is 1. The molecule has 0 saturated heterocycles. The van der Waals surface area contributed by atoms with Crippen LogP contribution in [0.4, 0.5) is 0 Å². The Morgan fingerprint density at radius 3 is 2.82 bits per heavy atom. The van der Waals surface area contributed by atoms with Gasteiger partial charge in [0.05, 0.1) is 34.4 Å². The Kier molecular flexibility index (Phi) is 4.65. The van der Waals surface area contributed by atoms with Crippen LogP contribution in [0.15, 0.2) is 28.9 Å². The van der Waals surface area contributed by atoms with Gasteiger partial charge in [0.25, 0.3) is 5.89 Å². The van der Waals surface area contributed by atoms with Crippen molar-refractivity contribution in [1.29, 1.82) is 5.26 Å². The summed E-state index contributed by atoms with van der Waals surface area (Å²) >= 11 is 6.44. The number of benzene rings is 1. The molecule has 3 aromatic heterocycles. The first kappa shape index (κ1) is 18.3. The molecule has 0 aliphatic carbocycles. The summed E-state index contributed by atoms with van der Waals surface area (Å²) in [6.45, 7) is 4.55. The van der Waals surface area contributed by atoms with E-state index in [0.29, 0.717) is 28.8 Å². The van der Waals surface area contributed by atoms with Crippen molar-refractivity contribution in [3.05, 3.63) is 52.2 Å². The number of aryl methyl sites for hydroxylation is 2. The van der Waals surface area contributed by atoms with Gasteiger partial charge in [0.15, 0.2) is 5.82 Å². The van der Waals surface area contributed by atoms with Crippen LogP contribution in [0.1, 0.15) is 36.1 Å². The number of hydrogen-bond donors (Lipinski definition) is 0. The smallest absolute Gasteiger partial charge is 0.261 e. The Bertz CT molecular complexity index is 1210. The van der Waals surface area contributed by atoms with Gasteiger partial charge in [-0.15, -0.1) is 0 Å². The summed E-state index contributed by atoms with van der Waals surface area (Å²) in [4.78, 5) is 4.56. The maximum absolute atomic E-state index is 9.25. The number of rotatable bonds is 5. The zero-order valence-corrected chi connectivity index (χ0v) is 16.7. The summed E-state index contributed by atoms with van der Waals surface area (Å²) in [5.74, 6) is 1.03. The molecular formula is C20H19ClN6O. The SMILES string of the molecule is CCCc1cc2c(Cl)c(C#N)ccc2n1Cc1noc(-c2cnn(C)c2C)n1. The van der Waals surface area contributed by atoms with Crippen LogP contribution in [-0.4, -0.2) is 24.5 Å². The third-order valence-electron chi connectivity index (χ3n) is 4.97. The molecule has 0 spiro atoms. The van der Waals surface area contributed by atoms with Gasteiger partial charge < -0.3 is 9.09 Å². The van der Waals surface area contributed by atoms with Gasteiger partial charge in [0, 0.05) is 23.8 Å². The van der Waals surface area contributed by atoms with Crippen LogP contribution in [0.2, 0.25) is 5.02 Å². The fourth-order valence-corrected chi connectivity index (χ4v) is 3.63. The molecule has 0 radical (unpaired) electrons. The van der Waals surface area contributed by atoms with Crippen molar-refractivity contribution in [2.45, 2.75) is 33.2 Å². The van der Waals surface area contributed by atoms with Crippen LogP contribution in [0.25, 0.3) is 22.4 Å². The molecule has 0 N–H and O–H groups in total. The molecule has 0 aliphatic heterocycles. The third-order valence-corrected chi connectivity index (χ3v) is 5.37. The molecule has 0 saturated carbocycles. The van der Waals surface area contributed by atoms with E-state index in [0.717, 1.165) is 40.7 Å². The molecule has 0 amide bonds. The van der Waals surface area contributed by atoms with Crippen LogP contribution in [0.3, 0.4) is 0 Å². The normalized spacial score (nSPS) is 11.2. The summed E-state index contributed by atoms with van der Waals surface area (Å²) in [6, 6.07) is 7.86. The third kappa shape index (κ3) is 2.96. The summed E-state index contributed by atoms with van der Waals surface area (Å²) in [6.07, 6.45) is 3.61. The largest absolute Gasteiger partial charge is 0.337 e. The van der Waals surface area contributed by atoms with Crippen molar-refractivity contribution in [1.82, 2.24) is 24.5 Å². The Labute approximate surface area is 167 Å². The van der Waals surface area contributed by atoms with E-state index in [2.05, 4.69) is 32.8 Å². The molecule has 7 nitrogen and oxygen atoms in total. The first-order valence-electron chi connectivity index (χ1n) is 9.05. The van der Waals surface area contributed by atoms with Crippen molar-refractivity contribution in [3.63, 3.8) is 0 Å². The minimum atomic E-state index is 0.457. The topological polar surface area (TPSA) is 85.5 Å². The van der Waals surface area contributed by atoms with E-state index in [1.54, 1.807) is 16.9 Å². The van der Waals surface area contributed by atoms with E-state index in [1.165, 1.54) is 0 Å². The van der Waals surface area contributed by atoms with E-state index < -0.39 is 0 Å². The molecule has 0 bridgehead atoms. The number of nitrogens with zero attached hydrogens (tertiary/aromatic N) is 6. The van der Waals surface area contributed by atoms with Gasteiger partial charge in [-0.05, 0) is 31.5 Å². The minimum Gasteiger partial charge on any atom is -0.337 e. The number of hydrogen-bond acceptors (Lipinski definition) is 5. The van der Waals surface area contributed by atoms with E-state index in [9.17, 15) is 5.26 Å². The van der Waals surface area contributed by atoms with E-state index in [4.69, 9.17) is 16.1 Å². The molecular weight excluding hydrogens is 376 g/mol. The molecule has 0 atom stereocenters. The van der Waals surface area contributed by atoms with E-state index in [-0.39, 0.29) is 0 Å². The van der Waals surface area contributed by atoms with Gasteiger partial charge >= 0.3 is 0 Å². The predicted molar refractivity (Wildman–Crippen MR) is 106 cm³/mol. The Hall–Kier alpha value is -3.11.